The Morgan fingerprint density at radius 1 is 1.53 bits per heavy atom. The zero-order valence-electron chi connectivity index (χ0n) is 9.11. The number of hydrogen-bond donors (Lipinski definition) is 2. The second-order valence-electron chi connectivity index (χ2n) is 3.92. The van der Waals surface area contributed by atoms with E-state index in [-0.39, 0.29) is 6.04 Å². The number of nitrogens with two attached hydrogens (primary N) is 1. The maximum Gasteiger partial charge on any atom is 0.0931 e. The first kappa shape index (κ1) is 13.0. The van der Waals surface area contributed by atoms with Gasteiger partial charge in [-0.05, 0) is 30.9 Å². The zero-order chi connectivity index (χ0) is 11.4. The fraction of sp³-hybridized carbons (Fsp3) is 0.636. The van der Waals surface area contributed by atoms with Crippen LogP contribution in [-0.4, -0.2) is 17.3 Å². The van der Waals surface area contributed by atoms with E-state index in [1.807, 2.05) is 19.1 Å². The first-order valence-electron chi connectivity index (χ1n) is 5.23. The largest absolute Gasteiger partial charge is 0.391 e. The molecule has 0 aliphatic carbocycles. The predicted molar refractivity (Wildman–Crippen MR) is 66.6 cm³/mol. The van der Waals surface area contributed by atoms with Crippen LogP contribution in [0.5, 0.6) is 0 Å². The lowest BCUT2D eigenvalue weighted by molar-refractivity contribution is 0.127. The van der Waals surface area contributed by atoms with Gasteiger partial charge in [0.25, 0.3) is 0 Å². The van der Waals surface area contributed by atoms with E-state index < -0.39 is 6.10 Å². The highest BCUT2D eigenvalue weighted by Gasteiger charge is 2.18. The predicted octanol–water partition coefficient (Wildman–Crippen LogP) is 2.99. The first-order chi connectivity index (χ1) is 7.04. The highest BCUT2D eigenvalue weighted by molar-refractivity contribution is 7.16. The molecule has 0 aliphatic heterocycles. The number of thiophene rings is 1. The molecule has 0 fully saturated rings. The third kappa shape index (κ3) is 3.76. The van der Waals surface area contributed by atoms with Crippen LogP contribution in [0, 0.1) is 0 Å². The van der Waals surface area contributed by atoms with E-state index in [2.05, 4.69) is 6.92 Å². The van der Waals surface area contributed by atoms with Gasteiger partial charge < -0.3 is 10.8 Å². The van der Waals surface area contributed by atoms with Gasteiger partial charge in [0.05, 0.1) is 10.4 Å². The molecule has 86 valence electrons. The van der Waals surface area contributed by atoms with Gasteiger partial charge >= 0.3 is 0 Å². The third-order valence-electron chi connectivity index (χ3n) is 2.64. The highest BCUT2D eigenvalue weighted by Crippen LogP contribution is 2.30. The summed E-state index contributed by atoms with van der Waals surface area (Å²) in [5.41, 5.74) is 5.78. The van der Waals surface area contributed by atoms with Crippen LogP contribution in [0.2, 0.25) is 4.34 Å². The van der Waals surface area contributed by atoms with Crippen molar-refractivity contribution in [1.82, 2.24) is 0 Å². The highest BCUT2D eigenvalue weighted by atomic mass is 35.5. The molecule has 2 nitrogen and oxygen atoms in total. The lowest BCUT2D eigenvalue weighted by atomic mass is 9.97. The molecular formula is C11H18ClNOS. The summed E-state index contributed by atoms with van der Waals surface area (Å²) >= 11 is 7.43. The van der Waals surface area contributed by atoms with Crippen LogP contribution in [0.25, 0.3) is 0 Å². The van der Waals surface area contributed by atoms with Gasteiger partial charge in [-0.3, -0.25) is 0 Å². The molecule has 3 unspecified atom stereocenters. The van der Waals surface area contributed by atoms with Crippen molar-refractivity contribution in [3.63, 3.8) is 0 Å². The maximum atomic E-state index is 9.80. The number of rotatable bonds is 5. The minimum Gasteiger partial charge on any atom is -0.391 e. The summed E-state index contributed by atoms with van der Waals surface area (Å²) in [6.07, 6.45) is 1.08. The van der Waals surface area contributed by atoms with Gasteiger partial charge in [-0.15, -0.1) is 11.3 Å². The van der Waals surface area contributed by atoms with Crippen molar-refractivity contribution in [2.24, 2.45) is 5.73 Å². The number of hydrogen-bond acceptors (Lipinski definition) is 3. The molecule has 1 aromatic heterocycles. The van der Waals surface area contributed by atoms with Crippen molar-refractivity contribution < 1.29 is 5.11 Å². The molecular weight excluding hydrogens is 230 g/mol. The molecule has 1 heterocycles. The molecule has 3 atom stereocenters. The second kappa shape index (κ2) is 5.85. The van der Waals surface area contributed by atoms with Crippen LogP contribution in [0.4, 0.5) is 0 Å². The van der Waals surface area contributed by atoms with Gasteiger partial charge in [-0.25, -0.2) is 0 Å². The number of aliphatic hydroxyl groups excluding tert-OH is 1. The fourth-order valence-electron chi connectivity index (χ4n) is 1.52. The summed E-state index contributed by atoms with van der Waals surface area (Å²) in [5.74, 6) is 0.315. The molecule has 0 bridgehead atoms. The molecule has 1 aromatic rings. The van der Waals surface area contributed by atoms with Gasteiger partial charge in [0.15, 0.2) is 0 Å². The lowest BCUT2D eigenvalue weighted by Crippen LogP contribution is -2.34. The Balaban J connectivity index is 2.52. The van der Waals surface area contributed by atoms with Crippen molar-refractivity contribution >= 4 is 22.9 Å². The minimum atomic E-state index is -0.425. The van der Waals surface area contributed by atoms with Crippen LogP contribution in [-0.2, 0) is 0 Å². The van der Waals surface area contributed by atoms with Crippen LogP contribution >= 0.6 is 22.9 Å². The number of halogens is 1. The zero-order valence-corrected chi connectivity index (χ0v) is 10.7. The van der Waals surface area contributed by atoms with E-state index in [4.69, 9.17) is 17.3 Å². The summed E-state index contributed by atoms with van der Waals surface area (Å²) < 4.78 is 0.797. The van der Waals surface area contributed by atoms with Gasteiger partial charge in [0.2, 0.25) is 0 Å². The van der Waals surface area contributed by atoms with Crippen molar-refractivity contribution in [3.8, 4) is 0 Å². The van der Waals surface area contributed by atoms with E-state index in [0.29, 0.717) is 12.3 Å². The van der Waals surface area contributed by atoms with Crippen LogP contribution in [0.1, 0.15) is 37.5 Å². The van der Waals surface area contributed by atoms with E-state index in [1.54, 1.807) is 11.3 Å². The Morgan fingerprint density at radius 2 is 2.20 bits per heavy atom. The molecule has 1 rings (SSSR count). The Morgan fingerprint density at radius 3 is 2.67 bits per heavy atom. The molecule has 0 spiro atoms. The Kier molecular flexibility index (Phi) is 5.06. The third-order valence-corrected chi connectivity index (χ3v) is 4.10. The molecule has 4 heteroatoms. The van der Waals surface area contributed by atoms with Gasteiger partial charge in [-0.2, -0.15) is 0 Å². The molecule has 3 N–H and O–H groups in total. The van der Waals surface area contributed by atoms with Crippen LogP contribution in [0.15, 0.2) is 12.1 Å². The standard InChI is InChI=1S/C11H18ClNOS/c1-3-8(13)9(14)6-7(2)10-4-5-11(12)15-10/h4-5,7-9,14H,3,6,13H2,1-2H3. The Bertz CT molecular complexity index is 303. The summed E-state index contributed by atoms with van der Waals surface area (Å²) in [6.45, 7) is 4.08. The normalized spacial score (nSPS) is 17.4. The van der Waals surface area contributed by atoms with Crippen molar-refractivity contribution in [1.29, 1.82) is 0 Å². The summed E-state index contributed by atoms with van der Waals surface area (Å²) in [6, 6.07) is 3.79. The van der Waals surface area contributed by atoms with E-state index in [1.165, 1.54) is 4.88 Å². The first-order valence-corrected chi connectivity index (χ1v) is 6.43. The fourth-order valence-corrected chi connectivity index (χ4v) is 2.64. The molecule has 0 saturated carbocycles. The van der Waals surface area contributed by atoms with Crippen molar-refractivity contribution in [3.05, 3.63) is 21.3 Å². The minimum absolute atomic E-state index is 0.122. The van der Waals surface area contributed by atoms with Crippen LogP contribution < -0.4 is 5.73 Å². The Hall–Kier alpha value is -0.0900. The summed E-state index contributed by atoms with van der Waals surface area (Å²) in [4.78, 5) is 1.21. The molecule has 15 heavy (non-hydrogen) atoms. The van der Waals surface area contributed by atoms with Crippen molar-refractivity contribution in [2.75, 3.05) is 0 Å². The van der Waals surface area contributed by atoms with E-state index in [9.17, 15) is 5.11 Å². The maximum absolute atomic E-state index is 9.80. The smallest absolute Gasteiger partial charge is 0.0931 e. The van der Waals surface area contributed by atoms with Gasteiger partial charge in [0, 0.05) is 10.9 Å². The Labute approximate surface area is 100 Å². The van der Waals surface area contributed by atoms with Crippen molar-refractivity contribution in [2.45, 2.75) is 44.8 Å². The van der Waals surface area contributed by atoms with E-state index >= 15 is 0 Å². The number of aliphatic hydroxyl groups is 1. The molecule has 0 aliphatic rings. The summed E-state index contributed by atoms with van der Waals surface area (Å²) in [5, 5.41) is 9.80. The summed E-state index contributed by atoms with van der Waals surface area (Å²) in [7, 11) is 0. The average Bonchev–Trinajstić information content (AvgIpc) is 2.63. The topological polar surface area (TPSA) is 46.2 Å². The SMILES string of the molecule is CCC(N)C(O)CC(C)c1ccc(Cl)s1. The second-order valence-corrected chi connectivity index (χ2v) is 5.66. The quantitative estimate of drug-likeness (QED) is 0.840. The van der Waals surface area contributed by atoms with Crippen LogP contribution in [0.3, 0.4) is 0 Å². The molecule has 0 amide bonds. The van der Waals surface area contributed by atoms with Gasteiger partial charge in [0.1, 0.15) is 0 Å². The molecule has 0 radical (unpaired) electrons. The van der Waals surface area contributed by atoms with E-state index in [0.717, 1.165) is 10.8 Å². The van der Waals surface area contributed by atoms with Gasteiger partial charge in [-0.1, -0.05) is 25.4 Å². The molecule has 0 saturated heterocycles. The lowest BCUT2D eigenvalue weighted by Gasteiger charge is -2.20. The molecule has 0 aromatic carbocycles. The monoisotopic (exact) mass is 247 g/mol. The average molecular weight is 248 g/mol.